The van der Waals surface area contributed by atoms with Gasteiger partial charge in [-0.25, -0.2) is 0 Å². The van der Waals surface area contributed by atoms with Crippen molar-refractivity contribution >= 4 is 11.8 Å². The van der Waals surface area contributed by atoms with Crippen LogP contribution >= 0.6 is 11.8 Å². The summed E-state index contributed by atoms with van der Waals surface area (Å²) in [6, 6.07) is 11.5. The minimum Gasteiger partial charge on any atom is -0.300 e. The van der Waals surface area contributed by atoms with Gasteiger partial charge in [0.15, 0.2) is 0 Å². The van der Waals surface area contributed by atoms with Crippen molar-refractivity contribution in [3.63, 3.8) is 0 Å². The molecule has 0 bridgehead atoms. The minimum absolute atomic E-state index is 0.564. The summed E-state index contributed by atoms with van der Waals surface area (Å²) >= 11 is 1.95. The molecular weight excluding hydrogens is 240 g/mol. The van der Waals surface area contributed by atoms with Crippen molar-refractivity contribution in [1.82, 2.24) is 9.80 Å². The van der Waals surface area contributed by atoms with Crippen LogP contribution in [0.15, 0.2) is 30.3 Å². The van der Waals surface area contributed by atoms with E-state index in [1.807, 2.05) is 11.8 Å². The first kappa shape index (κ1) is 13.9. The molecule has 1 atom stereocenters. The van der Waals surface area contributed by atoms with Crippen molar-refractivity contribution in [3.8, 4) is 0 Å². The number of hydrogen-bond acceptors (Lipinski definition) is 3. The SMILES string of the molecule is CSCCCN1CCN(C)[C@H](c2ccccc2)C1. The zero-order chi connectivity index (χ0) is 12.8. The summed E-state index contributed by atoms with van der Waals surface area (Å²) in [6.07, 6.45) is 3.50. The van der Waals surface area contributed by atoms with Crippen LogP contribution in [-0.2, 0) is 0 Å². The first-order valence-electron chi connectivity index (χ1n) is 6.77. The molecule has 1 fully saturated rings. The Labute approximate surface area is 115 Å². The Hall–Kier alpha value is -0.510. The molecule has 0 aromatic heterocycles. The number of nitrogens with zero attached hydrogens (tertiary/aromatic N) is 2. The van der Waals surface area contributed by atoms with Crippen molar-refractivity contribution in [3.05, 3.63) is 35.9 Å². The Kier molecular flexibility index (Phi) is 5.54. The topological polar surface area (TPSA) is 6.48 Å². The predicted molar refractivity (Wildman–Crippen MR) is 81.3 cm³/mol. The van der Waals surface area contributed by atoms with Crippen LogP contribution in [0.5, 0.6) is 0 Å². The highest BCUT2D eigenvalue weighted by Crippen LogP contribution is 2.23. The van der Waals surface area contributed by atoms with E-state index in [0.717, 1.165) is 0 Å². The van der Waals surface area contributed by atoms with Crippen LogP contribution in [0.1, 0.15) is 18.0 Å². The number of likely N-dealkylation sites (N-methyl/N-ethyl adjacent to an activating group) is 1. The number of piperazine rings is 1. The maximum atomic E-state index is 2.62. The summed E-state index contributed by atoms with van der Waals surface area (Å²) in [5, 5.41) is 0. The number of hydrogen-bond donors (Lipinski definition) is 0. The lowest BCUT2D eigenvalue weighted by molar-refractivity contribution is 0.0959. The molecule has 2 rings (SSSR count). The van der Waals surface area contributed by atoms with Gasteiger partial charge >= 0.3 is 0 Å². The van der Waals surface area contributed by atoms with Gasteiger partial charge in [-0.1, -0.05) is 30.3 Å². The van der Waals surface area contributed by atoms with Crippen LogP contribution in [0.3, 0.4) is 0 Å². The molecule has 0 radical (unpaired) electrons. The van der Waals surface area contributed by atoms with E-state index in [-0.39, 0.29) is 0 Å². The summed E-state index contributed by atoms with van der Waals surface area (Å²) < 4.78 is 0. The van der Waals surface area contributed by atoms with Gasteiger partial charge in [0, 0.05) is 25.7 Å². The van der Waals surface area contributed by atoms with Crippen molar-refractivity contribution in [2.45, 2.75) is 12.5 Å². The van der Waals surface area contributed by atoms with Crippen LogP contribution in [0.25, 0.3) is 0 Å². The zero-order valence-corrected chi connectivity index (χ0v) is 12.3. The van der Waals surface area contributed by atoms with Gasteiger partial charge in [0.1, 0.15) is 0 Å². The first-order chi connectivity index (χ1) is 8.81. The lowest BCUT2D eigenvalue weighted by Gasteiger charge is -2.39. The molecule has 3 heteroatoms. The van der Waals surface area contributed by atoms with E-state index in [2.05, 4.69) is 53.4 Å². The Morgan fingerprint density at radius 3 is 2.72 bits per heavy atom. The van der Waals surface area contributed by atoms with Crippen LogP contribution in [-0.4, -0.2) is 55.0 Å². The van der Waals surface area contributed by atoms with Gasteiger partial charge in [-0.05, 0) is 37.6 Å². The molecular formula is C15H24N2S. The van der Waals surface area contributed by atoms with Crippen molar-refractivity contribution in [2.24, 2.45) is 0 Å². The van der Waals surface area contributed by atoms with E-state index in [1.54, 1.807) is 0 Å². The Morgan fingerprint density at radius 2 is 2.00 bits per heavy atom. The van der Waals surface area contributed by atoms with Gasteiger partial charge in [-0.2, -0.15) is 11.8 Å². The van der Waals surface area contributed by atoms with Crippen LogP contribution in [0, 0.1) is 0 Å². The molecule has 1 saturated heterocycles. The quantitative estimate of drug-likeness (QED) is 0.755. The standard InChI is InChI=1S/C15H24N2S/c1-16-10-11-17(9-6-12-18-2)13-15(16)14-7-4-3-5-8-14/h3-5,7-8,15H,6,9-13H2,1-2H3/t15-/m0/s1. The molecule has 0 unspecified atom stereocenters. The molecule has 0 saturated carbocycles. The van der Waals surface area contributed by atoms with Crippen molar-refractivity contribution < 1.29 is 0 Å². The molecule has 1 aromatic rings. The molecule has 1 heterocycles. The molecule has 1 aromatic carbocycles. The molecule has 0 spiro atoms. The third-order valence-corrected chi connectivity index (χ3v) is 4.44. The third kappa shape index (κ3) is 3.74. The van der Waals surface area contributed by atoms with Crippen LogP contribution in [0.2, 0.25) is 0 Å². The molecule has 1 aliphatic rings. The highest BCUT2D eigenvalue weighted by molar-refractivity contribution is 7.98. The number of rotatable bonds is 5. The van der Waals surface area contributed by atoms with Gasteiger partial charge in [0.2, 0.25) is 0 Å². The summed E-state index contributed by atoms with van der Waals surface area (Å²) in [5.74, 6) is 1.28. The molecule has 0 aliphatic carbocycles. The summed E-state index contributed by atoms with van der Waals surface area (Å²) in [4.78, 5) is 5.11. The van der Waals surface area contributed by atoms with Crippen molar-refractivity contribution in [1.29, 1.82) is 0 Å². The largest absolute Gasteiger partial charge is 0.300 e. The fourth-order valence-corrected chi connectivity index (χ4v) is 3.02. The maximum Gasteiger partial charge on any atom is 0.0472 e. The average molecular weight is 264 g/mol. The lowest BCUT2D eigenvalue weighted by Crippen LogP contribution is -2.46. The average Bonchev–Trinajstić information content (AvgIpc) is 2.42. The Balaban J connectivity index is 1.93. The third-order valence-electron chi connectivity index (χ3n) is 3.74. The molecule has 0 amide bonds. The molecule has 100 valence electrons. The predicted octanol–water partition coefficient (Wildman–Crippen LogP) is 2.73. The smallest absolute Gasteiger partial charge is 0.0472 e. The van der Waals surface area contributed by atoms with Crippen molar-refractivity contribution in [2.75, 3.05) is 45.2 Å². The summed E-state index contributed by atoms with van der Waals surface area (Å²) in [5.41, 5.74) is 1.45. The van der Waals surface area contributed by atoms with Gasteiger partial charge in [0.25, 0.3) is 0 Å². The van der Waals surface area contributed by atoms with E-state index in [1.165, 1.54) is 43.9 Å². The van der Waals surface area contributed by atoms with E-state index in [4.69, 9.17) is 0 Å². The van der Waals surface area contributed by atoms with E-state index in [9.17, 15) is 0 Å². The second-order valence-corrected chi connectivity index (χ2v) is 6.04. The summed E-state index contributed by atoms with van der Waals surface area (Å²) in [7, 11) is 2.25. The van der Waals surface area contributed by atoms with Crippen LogP contribution < -0.4 is 0 Å². The monoisotopic (exact) mass is 264 g/mol. The fraction of sp³-hybridized carbons (Fsp3) is 0.600. The second-order valence-electron chi connectivity index (χ2n) is 5.05. The highest BCUT2D eigenvalue weighted by atomic mass is 32.2. The van der Waals surface area contributed by atoms with E-state index in [0.29, 0.717) is 6.04 Å². The van der Waals surface area contributed by atoms with E-state index < -0.39 is 0 Å². The molecule has 2 nitrogen and oxygen atoms in total. The van der Waals surface area contributed by atoms with Crippen LogP contribution in [0.4, 0.5) is 0 Å². The number of benzene rings is 1. The van der Waals surface area contributed by atoms with E-state index >= 15 is 0 Å². The lowest BCUT2D eigenvalue weighted by atomic mass is 10.0. The molecule has 18 heavy (non-hydrogen) atoms. The van der Waals surface area contributed by atoms with Gasteiger partial charge in [-0.3, -0.25) is 4.90 Å². The molecule has 0 N–H and O–H groups in total. The zero-order valence-electron chi connectivity index (χ0n) is 11.5. The Bertz CT molecular complexity index is 342. The first-order valence-corrected chi connectivity index (χ1v) is 8.17. The number of thioether (sulfide) groups is 1. The maximum absolute atomic E-state index is 2.62. The molecule has 1 aliphatic heterocycles. The fourth-order valence-electron chi connectivity index (χ4n) is 2.60. The highest BCUT2D eigenvalue weighted by Gasteiger charge is 2.24. The van der Waals surface area contributed by atoms with Gasteiger partial charge < -0.3 is 4.90 Å². The Morgan fingerprint density at radius 1 is 1.22 bits per heavy atom. The summed E-state index contributed by atoms with van der Waals surface area (Å²) in [6.45, 7) is 4.82. The second kappa shape index (κ2) is 7.17. The normalized spacial score (nSPS) is 22.2. The van der Waals surface area contributed by atoms with Gasteiger partial charge in [-0.15, -0.1) is 0 Å². The van der Waals surface area contributed by atoms with Gasteiger partial charge in [0.05, 0.1) is 0 Å². The minimum atomic E-state index is 0.564.